The van der Waals surface area contributed by atoms with Gasteiger partial charge in [0.2, 0.25) is 0 Å². The molecule has 0 atom stereocenters. The first kappa shape index (κ1) is 10.3. The second-order valence-electron chi connectivity index (χ2n) is 3.54. The van der Waals surface area contributed by atoms with Gasteiger partial charge in [0.25, 0.3) is 0 Å². The van der Waals surface area contributed by atoms with Crippen molar-refractivity contribution in [3.63, 3.8) is 0 Å². The summed E-state index contributed by atoms with van der Waals surface area (Å²) >= 11 is 0. The topological polar surface area (TPSA) is 41.5 Å². The number of alkyl halides is 2. The van der Waals surface area contributed by atoms with Gasteiger partial charge in [-0.1, -0.05) is 12.1 Å². The molecule has 0 aromatic heterocycles. The van der Waals surface area contributed by atoms with Gasteiger partial charge < -0.3 is 15.2 Å². The Kier molecular flexibility index (Phi) is 2.58. The van der Waals surface area contributed by atoms with Crippen molar-refractivity contribution in [2.24, 2.45) is 0 Å². The maximum atomic E-state index is 11.9. The molecule has 82 valence electrons. The van der Waals surface area contributed by atoms with E-state index in [1.165, 1.54) is 12.1 Å². The van der Waals surface area contributed by atoms with E-state index in [2.05, 4.69) is 10.1 Å². The second-order valence-corrected chi connectivity index (χ2v) is 3.54. The molecule has 0 radical (unpaired) electrons. The molecular formula is C10H11F2NO2. The zero-order valence-electron chi connectivity index (χ0n) is 7.91. The smallest absolute Gasteiger partial charge is 0.387 e. The van der Waals surface area contributed by atoms with E-state index in [0.29, 0.717) is 18.7 Å². The maximum absolute atomic E-state index is 11.9. The average Bonchev–Trinajstić information content (AvgIpc) is 2.14. The highest BCUT2D eigenvalue weighted by molar-refractivity contribution is 5.32. The van der Waals surface area contributed by atoms with E-state index >= 15 is 0 Å². The van der Waals surface area contributed by atoms with Gasteiger partial charge in [0.1, 0.15) is 11.4 Å². The molecule has 0 amide bonds. The number of aliphatic hydroxyl groups is 1. The van der Waals surface area contributed by atoms with Crippen molar-refractivity contribution in [2.45, 2.75) is 12.2 Å². The Balaban J connectivity index is 2.10. The van der Waals surface area contributed by atoms with E-state index in [1.807, 2.05) is 0 Å². The molecule has 1 saturated heterocycles. The lowest BCUT2D eigenvalue weighted by atomic mass is 9.88. The van der Waals surface area contributed by atoms with Gasteiger partial charge in [0.05, 0.1) is 0 Å². The lowest BCUT2D eigenvalue weighted by Gasteiger charge is -2.38. The van der Waals surface area contributed by atoms with Gasteiger partial charge in [-0.3, -0.25) is 0 Å². The van der Waals surface area contributed by atoms with Gasteiger partial charge in [-0.2, -0.15) is 8.78 Å². The van der Waals surface area contributed by atoms with Crippen molar-refractivity contribution in [2.75, 3.05) is 13.1 Å². The summed E-state index contributed by atoms with van der Waals surface area (Å²) in [6, 6.07) is 6.05. The van der Waals surface area contributed by atoms with Crippen LogP contribution < -0.4 is 10.1 Å². The summed E-state index contributed by atoms with van der Waals surface area (Å²) in [4.78, 5) is 0. The Morgan fingerprint density at radius 1 is 1.27 bits per heavy atom. The van der Waals surface area contributed by atoms with Crippen LogP contribution in [0.3, 0.4) is 0 Å². The van der Waals surface area contributed by atoms with Crippen molar-refractivity contribution >= 4 is 0 Å². The molecule has 1 aliphatic rings. The largest absolute Gasteiger partial charge is 0.435 e. The van der Waals surface area contributed by atoms with Crippen LogP contribution in [0.4, 0.5) is 8.78 Å². The van der Waals surface area contributed by atoms with Gasteiger partial charge in [0.15, 0.2) is 0 Å². The number of benzene rings is 1. The Morgan fingerprint density at radius 3 is 2.27 bits per heavy atom. The van der Waals surface area contributed by atoms with Crippen molar-refractivity contribution in [1.29, 1.82) is 0 Å². The number of β-amino-alcohol motifs (C(OH)–C–C–N with tert-alkyl or cyclic N) is 1. The normalized spacial score (nSPS) is 18.7. The number of ether oxygens (including phenoxy) is 1. The van der Waals surface area contributed by atoms with Crippen LogP contribution >= 0.6 is 0 Å². The molecule has 2 N–H and O–H groups in total. The van der Waals surface area contributed by atoms with Gasteiger partial charge in [-0.05, 0) is 17.7 Å². The van der Waals surface area contributed by atoms with E-state index < -0.39 is 12.2 Å². The summed E-state index contributed by atoms with van der Waals surface area (Å²) in [5.41, 5.74) is -0.147. The lowest BCUT2D eigenvalue weighted by molar-refractivity contribution is -0.0499. The van der Waals surface area contributed by atoms with E-state index in [0.717, 1.165) is 0 Å². The summed E-state index contributed by atoms with van der Waals surface area (Å²) in [5.74, 6) is 0.102. The molecule has 1 aromatic carbocycles. The van der Waals surface area contributed by atoms with Crippen LogP contribution in [0.2, 0.25) is 0 Å². The van der Waals surface area contributed by atoms with Crippen molar-refractivity contribution in [3.8, 4) is 5.75 Å². The molecule has 1 aliphatic heterocycles. The fourth-order valence-corrected chi connectivity index (χ4v) is 1.51. The molecule has 0 spiro atoms. The SMILES string of the molecule is OC1(c2ccc(OC(F)F)cc2)CNC1. The molecule has 15 heavy (non-hydrogen) atoms. The number of hydrogen-bond donors (Lipinski definition) is 2. The Labute approximate surface area is 85.7 Å². The minimum atomic E-state index is -2.82. The van der Waals surface area contributed by atoms with E-state index in [1.54, 1.807) is 12.1 Å². The fourth-order valence-electron chi connectivity index (χ4n) is 1.51. The molecule has 1 heterocycles. The first-order valence-corrected chi connectivity index (χ1v) is 4.59. The molecule has 5 heteroatoms. The molecule has 0 aliphatic carbocycles. The highest BCUT2D eigenvalue weighted by atomic mass is 19.3. The van der Waals surface area contributed by atoms with Crippen LogP contribution in [0.15, 0.2) is 24.3 Å². The monoisotopic (exact) mass is 215 g/mol. The molecule has 2 rings (SSSR count). The van der Waals surface area contributed by atoms with Crippen LogP contribution in [-0.2, 0) is 5.60 Å². The molecule has 1 aromatic rings. The average molecular weight is 215 g/mol. The highest BCUT2D eigenvalue weighted by Gasteiger charge is 2.35. The number of halogens is 2. The first-order chi connectivity index (χ1) is 7.10. The first-order valence-electron chi connectivity index (χ1n) is 4.59. The van der Waals surface area contributed by atoms with Gasteiger partial charge in [0, 0.05) is 13.1 Å². The molecule has 3 nitrogen and oxygen atoms in total. The maximum Gasteiger partial charge on any atom is 0.387 e. The number of hydrogen-bond acceptors (Lipinski definition) is 3. The third-order valence-corrected chi connectivity index (χ3v) is 2.45. The van der Waals surface area contributed by atoms with Gasteiger partial charge in [-0.15, -0.1) is 0 Å². The van der Waals surface area contributed by atoms with E-state index in [4.69, 9.17) is 0 Å². The second kappa shape index (κ2) is 3.75. The fraction of sp³-hybridized carbons (Fsp3) is 0.400. The van der Waals surface area contributed by atoms with Crippen LogP contribution in [0.5, 0.6) is 5.75 Å². The number of nitrogens with one attached hydrogen (secondary N) is 1. The Hall–Kier alpha value is -1.20. The zero-order valence-corrected chi connectivity index (χ0v) is 7.91. The van der Waals surface area contributed by atoms with E-state index in [-0.39, 0.29) is 5.75 Å². The standard InChI is InChI=1S/C10H11F2NO2/c11-9(12)15-8-3-1-7(2-4-8)10(14)5-13-6-10/h1-4,9,13-14H,5-6H2. The third-order valence-electron chi connectivity index (χ3n) is 2.45. The summed E-state index contributed by atoms with van der Waals surface area (Å²) < 4.78 is 27.9. The Morgan fingerprint density at radius 2 is 1.87 bits per heavy atom. The Bertz CT molecular complexity index is 336. The quantitative estimate of drug-likeness (QED) is 0.792. The zero-order chi connectivity index (χ0) is 10.9. The van der Waals surface area contributed by atoms with Crippen molar-refractivity contribution < 1.29 is 18.6 Å². The minimum Gasteiger partial charge on any atom is -0.435 e. The van der Waals surface area contributed by atoms with Crippen LogP contribution in [0.1, 0.15) is 5.56 Å². The van der Waals surface area contributed by atoms with E-state index in [9.17, 15) is 13.9 Å². The summed E-state index contributed by atoms with van der Waals surface area (Å²) in [7, 11) is 0. The lowest BCUT2D eigenvalue weighted by Crippen LogP contribution is -2.56. The summed E-state index contributed by atoms with van der Waals surface area (Å²) in [6.45, 7) is -1.84. The molecule has 1 fully saturated rings. The highest BCUT2D eigenvalue weighted by Crippen LogP contribution is 2.27. The molecule has 0 unspecified atom stereocenters. The van der Waals surface area contributed by atoms with Gasteiger partial charge in [-0.25, -0.2) is 0 Å². The molecule has 0 saturated carbocycles. The van der Waals surface area contributed by atoms with Crippen molar-refractivity contribution in [3.05, 3.63) is 29.8 Å². The predicted molar refractivity (Wildman–Crippen MR) is 49.8 cm³/mol. The molecular weight excluding hydrogens is 204 g/mol. The minimum absolute atomic E-state index is 0.102. The molecule has 0 bridgehead atoms. The summed E-state index contributed by atoms with van der Waals surface area (Å²) in [6.07, 6.45) is 0. The van der Waals surface area contributed by atoms with Crippen LogP contribution in [-0.4, -0.2) is 24.8 Å². The van der Waals surface area contributed by atoms with Crippen molar-refractivity contribution in [1.82, 2.24) is 5.32 Å². The van der Waals surface area contributed by atoms with Crippen LogP contribution in [0.25, 0.3) is 0 Å². The number of rotatable bonds is 3. The van der Waals surface area contributed by atoms with Crippen LogP contribution in [0, 0.1) is 0 Å². The van der Waals surface area contributed by atoms with Gasteiger partial charge >= 0.3 is 6.61 Å². The predicted octanol–water partition coefficient (Wildman–Crippen LogP) is 1.08. The summed E-state index contributed by atoms with van der Waals surface area (Å²) in [5, 5.41) is 12.8. The third kappa shape index (κ3) is 2.08.